The highest BCUT2D eigenvalue weighted by atomic mass is 35.5. The summed E-state index contributed by atoms with van der Waals surface area (Å²) in [6, 6.07) is 6.59. The summed E-state index contributed by atoms with van der Waals surface area (Å²) >= 11 is 24.0. The van der Waals surface area contributed by atoms with E-state index in [-0.39, 0.29) is 16.7 Å². The van der Waals surface area contributed by atoms with Crippen LogP contribution in [-0.4, -0.2) is 10.1 Å². The number of aliphatic hydroxyl groups excluding tert-OH is 1. The van der Waals surface area contributed by atoms with E-state index in [2.05, 4.69) is 4.98 Å². The fourth-order valence-corrected chi connectivity index (χ4v) is 2.30. The first kappa shape index (κ1) is 13.9. The van der Waals surface area contributed by atoms with E-state index >= 15 is 0 Å². The molecule has 0 amide bonds. The Morgan fingerprint density at radius 2 is 1.56 bits per heavy atom. The lowest BCUT2D eigenvalue weighted by Crippen LogP contribution is -1.93. The Kier molecular flexibility index (Phi) is 4.36. The molecule has 1 aromatic heterocycles. The topological polar surface area (TPSA) is 33.1 Å². The van der Waals surface area contributed by atoms with Crippen LogP contribution in [0.25, 0.3) is 11.3 Å². The predicted octanol–water partition coefficient (Wildman–Crippen LogP) is 4.85. The number of aliphatic hydroxyl groups is 1. The van der Waals surface area contributed by atoms with Crippen molar-refractivity contribution >= 4 is 46.4 Å². The molecule has 1 aromatic carbocycles. The molecule has 0 atom stereocenters. The van der Waals surface area contributed by atoms with Gasteiger partial charge in [0.15, 0.2) is 0 Å². The van der Waals surface area contributed by atoms with Gasteiger partial charge in [0.1, 0.15) is 0 Å². The summed E-state index contributed by atoms with van der Waals surface area (Å²) < 4.78 is 0. The van der Waals surface area contributed by atoms with Gasteiger partial charge in [0.2, 0.25) is 0 Å². The molecule has 18 heavy (non-hydrogen) atoms. The van der Waals surface area contributed by atoms with Crippen molar-refractivity contribution in [2.45, 2.75) is 6.61 Å². The number of halogens is 4. The molecule has 0 aliphatic rings. The van der Waals surface area contributed by atoms with Crippen LogP contribution >= 0.6 is 46.4 Å². The summed E-state index contributed by atoms with van der Waals surface area (Å²) in [5.41, 5.74) is 1.54. The first-order valence-corrected chi connectivity index (χ1v) is 6.46. The van der Waals surface area contributed by atoms with Crippen LogP contribution in [0.4, 0.5) is 0 Å². The van der Waals surface area contributed by atoms with E-state index in [1.165, 1.54) is 0 Å². The Bertz CT molecular complexity index is 601. The molecule has 0 unspecified atom stereocenters. The largest absolute Gasteiger partial charge is 0.390 e. The number of pyridine rings is 1. The molecule has 0 saturated carbocycles. The lowest BCUT2D eigenvalue weighted by Gasteiger charge is -2.09. The number of hydrogen-bond acceptors (Lipinski definition) is 2. The lowest BCUT2D eigenvalue weighted by atomic mass is 10.1. The standard InChI is InChI=1S/C12H7Cl4NO/c13-8-4-2-7(10(15)11(8)16)12-9(14)3-1-6(5-18)17-12/h1-4,18H,5H2. The quantitative estimate of drug-likeness (QED) is 0.801. The zero-order chi connectivity index (χ0) is 13.3. The van der Waals surface area contributed by atoms with Crippen LogP contribution < -0.4 is 0 Å². The molecule has 0 fully saturated rings. The third-order valence-electron chi connectivity index (χ3n) is 2.36. The van der Waals surface area contributed by atoms with Crippen LogP contribution in [0.3, 0.4) is 0 Å². The lowest BCUT2D eigenvalue weighted by molar-refractivity contribution is 0.277. The smallest absolute Gasteiger partial charge is 0.0907 e. The molecule has 0 aliphatic carbocycles. The molecule has 6 heteroatoms. The van der Waals surface area contributed by atoms with E-state index in [1.807, 2.05) is 0 Å². The Balaban J connectivity index is 2.65. The Morgan fingerprint density at radius 3 is 2.22 bits per heavy atom. The molecular formula is C12H7Cl4NO. The second kappa shape index (κ2) is 5.64. The van der Waals surface area contributed by atoms with Crippen molar-refractivity contribution in [2.75, 3.05) is 0 Å². The van der Waals surface area contributed by atoms with E-state index in [0.717, 1.165) is 0 Å². The molecule has 94 valence electrons. The molecule has 2 aromatic rings. The average molecular weight is 323 g/mol. The van der Waals surface area contributed by atoms with E-state index in [0.29, 0.717) is 27.0 Å². The number of benzene rings is 1. The Hall–Kier alpha value is -0.510. The van der Waals surface area contributed by atoms with Crippen LogP contribution in [0.1, 0.15) is 5.69 Å². The van der Waals surface area contributed by atoms with Crippen molar-refractivity contribution in [1.82, 2.24) is 4.98 Å². The van der Waals surface area contributed by atoms with E-state index in [4.69, 9.17) is 51.5 Å². The van der Waals surface area contributed by atoms with Gasteiger partial charge >= 0.3 is 0 Å². The van der Waals surface area contributed by atoms with Crippen LogP contribution in [-0.2, 0) is 6.61 Å². The third-order valence-corrected chi connectivity index (χ3v) is 3.95. The number of aromatic nitrogens is 1. The highest BCUT2D eigenvalue weighted by Gasteiger charge is 2.14. The van der Waals surface area contributed by atoms with Crippen molar-refractivity contribution in [2.24, 2.45) is 0 Å². The number of hydrogen-bond donors (Lipinski definition) is 1. The minimum atomic E-state index is -0.177. The van der Waals surface area contributed by atoms with Gasteiger partial charge in [0.25, 0.3) is 0 Å². The van der Waals surface area contributed by atoms with E-state index in [1.54, 1.807) is 24.3 Å². The monoisotopic (exact) mass is 321 g/mol. The first-order chi connectivity index (χ1) is 8.54. The van der Waals surface area contributed by atoms with Crippen molar-refractivity contribution < 1.29 is 5.11 Å². The van der Waals surface area contributed by atoms with Gasteiger partial charge in [-0.1, -0.05) is 46.4 Å². The molecule has 1 N–H and O–H groups in total. The minimum Gasteiger partial charge on any atom is -0.390 e. The Labute approximate surface area is 124 Å². The maximum absolute atomic E-state index is 9.08. The highest BCUT2D eigenvalue weighted by Crippen LogP contribution is 2.39. The summed E-state index contributed by atoms with van der Waals surface area (Å²) in [7, 11) is 0. The highest BCUT2D eigenvalue weighted by molar-refractivity contribution is 6.49. The molecule has 0 spiro atoms. The van der Waals surface area contributed by atoms with Gasteiger partial charge < -0.3 is 5.11 Å². The Morgan fingerprint density at radius 1 is 0.889 bits per heavy atom. The molecule has 1 heterocycles. The molecule has 0 aliphatic heterocycles. The van der Waals surface area contributed by atoms with Crippen LogP contribution in [0.5, 0.6) is 0 Å². The molecular weight excluding hydrogens is 316 g/mol. The van der Waals surface area contributed by atoms with E-state index < -0.39 is 0 Å². The molecule has 2 nitrogen and oxygen atoms in total. The second-order valence-electron chi connectivity index (χ2n) is 3.51. The number of rotatable bonds is 2. The summed E-state index contributed by atoms with van der Waals surface area (Å²) in [4.78, 5) is 4.22. The minimum absolute atomic E-state index is 0.177. The van der Waals surface area contributed by atoms with Crippen molar-refractivity contribution in [3.8, 4) is 11.3 Å². The van der Waals surface area contributed by atoms with Gasteiger partial charge in [-0.15, -0.1) is 0 Å². The molecule has 0 bridgehead atoms. The molecule has 0 saturated heterocycles. The molecule has 0 radical (unpaired) electrons. The van der Waals surface area contributed by atoms with Crippen LogP contribution in [0, 0.1) is 0 Å². The average Bonchev–Trinajstić information content (AvgIpc) is 2.37. The maximum atomic E-state index is 9.08. The summed E-state index contributed by atoms with van der Waals surface area (Å²) in [6.07, 6.45) is 0. The van der Waals surface area contributed by atoms with Crippen LogP contribution in [0.2, 0.25) is 20.1 Å². The maximum Gasteiger partial charge on any atom is 0.0907 e. The van der Waals surface area contributed by atoms with Crippen molar-refractivity contribution in [1.29, 1.82) is 0 Å². The second-order valence-corrected chi connectivity index (χ2v) is 5.08. The predicted molar refractivity (Wildman–Crippen MR) is 75.6 cm³/mol. The third kappa shape index (κ3) is 2.58. The van der Waals surface area contributed by atoms with Gasteiger partial charge in [0, 0.05) is 5.56 Å². The first-order valence-electron chi connectivity index (χ1n) is 4.94. The van der Waals surface area contributed by atoms with Gasteiger partial charge in [-0.3, -0.25) is 0 Å². The SMILES string of the molecule is OCc1ccc(Cl)c(-c2ccc(Cl)c(Cl)c2Cl)n1. The summed E-state index contributed by atoms with van der Waals surface area (Å²) in [6.45, 7) is -0.177. The zero-order valence-corrected chi connectivity index (χ0v) is 11.9. The fraction of sp³-hybridized carbons (Fsp3) is 0.0833. The van der Waals surface area contributed by atoms with Crippen LogP contribution in [0.15, 0.2) is 24.3 Å². The zero-order valence-electron chi connectivity index (χ0n) is 8.92. The van der Waals surface area contributed by atoms with Gasteiger partial charge in [-0.2, -0.15) is 0 Å². The fourth-order valence-electron chi connectivity index (χ4n) is 1.47. The number of nitrogens with zero attached hydrogens (tertiary/aromatic N) is 1. The van der Waals surface area contributed by atoms with Gasteiger partial charge in [-0.25, -0.2) is 4.98 Å². The normalized spacial score (nSPS) is 10.7. The van der Waals surface area contributed by atoms with Crippen molar-refractivity contribution in [3.05, 3.63) is 50.0 Å². The van der Waals surface area contributed by atoms with Gasteiger partial charge in [-0.05, 0) is 24.3 Å². The van der Waals surface area contributed by atoms with Gasteiger partial charge in [0.05, 0.1) is 38.1 Å². The molecule has 2 rings (SSSR count). The van der Waals surface area contributed by atoms with E-state index in [9.17, 15) is 0 Å². The summed E-state index contributed by atoms with van der Waals surface area (Å²) in [5.74, 6) is 0. The van der Waals surface area contributed by atoms with Crippen molar-refractivity contribution in [3.63, 3.8) is 0 Å². The summed E-state index contributed by atoms with van der Waals surface area (Å²) in [5, 5.41) is 10.4.